The Hall–Kier alpha value is -1.44. The topological polar surface area (TPSA) is 75.7 Å². The van der Waals surface area contributed by atoms with Gasteiger partial charge in [0.25, 0.3) is 5.91 Å². The highest BCUT2D eigenvalue weighted by Crippen LogP contribution is 2.22. The summed E-state index contributed by atoms with van der Waals surface area (Å²) in [6.07, 6.45) is -0.00948. The molecule has 0 aromatic heterocycles. The van der Waals surface area contributed by atoms with E-state index in [-0.39, 0.29) is 16.9 Å². The predicted octanol–water partition coefficient (Wildman–Crippen LogP) is 1.07. The standard InChI is InChI=1S/C15H22N2O4S/c1-10-7-13(8-14(12(10)3)22(19,20)16-4)15(18)17-5-6-21-11(2)9-17/h7-8,11,16H,5-6,9H2,1-4H3/t11-/m0/s1. The van der Waals surface area contributed by atoms with E-state index in [0.29, 0.717) is 30.8 Å². The van der Waals surface area contributed by atoms with E-state index in [1.807, 2.05) is 13.8 Å². The van der Waals surface area contributed by atoms with Gasteiger partial charge in [-0.3, -0.25) is 4.79 Å². The van der Waals surface area contributed by atoms with Crippen molar-refractivity contribution < 1.29 is 17.9 Å². The first-order valence-corrected chi connectivity index (χ1v) is 8.70. The van der Waals surface area contributed by atoms with Crippen LogP contribution in [-0.4, -0.2) is 52.1 Å². The average molecular weight is 326 g/mol. The van der Waals surface area contributed by atoms with Crippen LogP contribution in [0.1, 0.15) is 28.4 Å². The Kier molecular flexibility index (Phi) is 4.89. The first-order valence-electron chi connectivity index (χ1n) is 7.22. The van der Waals surface area contributed by atoms with Crippen LogP contribution in [0.25, 0.3) is 0 Å². The molecule has 1 aromatic carbocycles. The number of sulfonamides is 1. The van der Waals surface area contributed by atoms with Gasteiger partial charge in [0.1, 0.15) is 0 Å². The van der Waals surface area contributed by atoms with Crippen molar-refractivity contribution in [2.75, 3.05) is 26.7 Å². The third kappa shape index (κ3) is 3.31. The lowest BCUT2D eigenvalue weighted by Crippen LogP contribution is -2.44. The Morgan fingerprint density at radius 2 is 2.05 bits per heavy atom. The molecule has 0 radical (unpaired) electrons. The summed E-state index contributed by atoms with van der Waals surface area (Å²) in [5, 5.41) is 0. The highest BCUT2D eigenvalue weighted by molar-refractivity contribution is 7.89. The van der Waals surface area contributed by atoms with E-state index in [1.54, 1.807) is 17.9 Å². The first kappa shape index (κ1) is 16.9. The maximum absolute atomic E-state index is 12.6. The van der Waals surface area contributed by atoms with Crippen molar-refractivity contribution in [1.82, 2.24) is 9.62 Å². The fourth-order valence-corrected chi connectivity index (χ4v) is 3.59. The summed E-state index contributed by atoms with van der Waals surface area (Å²) in [6, 6.07) is 3.20. The van der Waals surface area contributed by atoms with Crippen molar-refractivity contribution in [3.8, 4) is 0 Å². The van der Waals surface area contributed by atoms with Crippen molar-refractivity contribution in [1.29, 1.82) is 0 Å². The van der Waals surface area contributed by atoms with Crippen LogP contribution in [0.4, 0.5) is 0 Å². The van der Waals surface area contributed by atoms with E-state index in [1.165, 1.54) is 13.1 Å². The molecule has 22 heavy (non-hydrogen) atoms. The Morgan fingerprint density at radius 1 is 1.36 bits per heavy atom. The molecule has 0 unspecified atom stereocenters. The molecule has 1 aliphatic heterocycles. The van der Waals surface area contributed by atoms with Crippen LogP contribution >= 0.6 is 0 Å². The molecule has 6 nitrogen and oxygen atoms in total. The molecule has 0 aliphatic carbocycles. The fraction of sp³-hybridized carbons (Fsp3) is 0.533. The number of hydrogen-bond acceptors (Lipinski definition) is 4. The van der Waals surface area contributed by atoms with E-state index in [9.17, 15) is 13.2 Å². The summed E-state index contributed by atoms with van der Waals surface area (Å²) in [5.74, 6) is -0.161. The van der Waals surface area contributed by atoms with Crippen molar-refractivity contribution >= 4 is 15.9 Å². The molecule has 2 rings (SSSR count). The zero-order chi connectivity index (χ0) is 16.5. The maximum atomic E-state index is 12.6. The molecule has 122 valence electrons. The molecule has 1 N–H and O–H groups in total. The zero-order valence-corrected chi connectivity index (χ0v) is 14.2. The molecule has 1 saturated heterocycles. The van der Waals surface area contributed by atoms with E-state index in [4.69, 9.17) is 4.74 Å². The molecule has 7 heteroatoms. The van der Waals surface area contributed by atoms with Crippen LogP contribution in [0, 0.1) is 13.8 Å². The molecule has 0 bridgehead atoms. The fourth-order valence-electron chi connectivity index (χ4n) is 2.53. The summed E-state index contributed by atoms with van der Waals surface area (Å²) in [7, 11) is -2.23. The molecule has 1 atom stereocenters. The largest absolute Gasteiger partial charge is 0.375 e. The second-order valence-electron chi connectivity index (χ2n) is 5.56. The molecular weight excluding hydrogens is 304 g/mol. The Bertz CT molecular complexity index is 685. The summed E-state index contributed by atoms with van der Waals surface area (Å²) >= 11 is 0. The molecule has 0 saturated carbocycles. The van der Waals surface area contributed by atoms with Crippen LogP contribution in [0.2, 0.25) is 0 Å². The number of carbonyl (C=O) groups is 1. The van der Waals surface area contributed by atoms with Crippen molar-refractivity contribution in [2.45, 2.75) is 31.8 Å². The number of aryl methyl sites for hydroxylation is 1. The Morgan fingerprint density at radius 3 is 2.64 bits per heavy atom. The van der Waals surface area contributed by atoms with Crippen molar-refractivity contribution in [3.05, 3.63) is 28.8 Å². The maximum Gasteiger partial charge on any atom is 0.254 e. The van der Waals surface area contributed by atoms with Crippen LogP contribution < -0.4 is 4.72 Å². The van der Waals surface area contributed by atoms with Gasteiger partial charge >= 0.3 is 0 Å². The lowest BCUT2D eigenvalue weighted by Gasteiger charge is -2.31. The quantitative estimate of drug-likeness (QED) is 0.901. The van der Waals surface area contributed by atoms with Gasteiger partial charge in [0.2, 0.25) is 10.0 Å². The number of nitrogens with one attached hydrogen (secondary N) is 1. The molecule has 1 fully saturated rings. The molecule has 1 amide bonds. The summed E-state index contributed by atoms with van der Waals surface area (Å²) in [6.45, 7) is 6.99. The van der Waals surface area contributed by atoms with Crippen LogP contribution in [0.5, 0.6) is 0 Å². The van der Waals surface area contributed by atoms with Crippen LogP contribution in [0.3, 0.4) is 0 Å². The minimum Gasteiger partial charge on any atom is -0.375 e. The monoisotopic (exact) mass is 326 g/mol. The van der Waals surface area contributed by atoms with Gasteiger partial charge in [0.15, 0.2) is 0 Å². The van der Waals surface area contributed by atoms with Gasteiger partial charge in [-0.2, -0.15) is 0 Å². The third-order valence-electron chi connectivity index (χ3n) is 3.95. The Labute approximate surface area is 131 Å². The molecule has 1 aromatic rings. The van der Waals surface area contributed by atoms with Gasteiger partial charge in [0.05, 0.1) is 17.6 Å². The molecule has 0 spiro atoms. The smallest absolute Gasteiger partial charge is 0.254 e. The number of ether oxygens (including phenoxy) is 1. The number of nitrogens with zero attached hydrogens (tertiary/aromatic N) is 1. The summed E-state index contributed by atoms with van der Waals surface area (Å²) < 4.78 is 32.0. The van der Waals surface area contributed by atoms with E-state index >= 15 is 0 Å². The second kappa shape index (κ2) is 6.36. The minimum atomic E-state index is -3.59. The summed E-state index contributed by atoms with van der Waals surface area (Å²) in [5.41, 5.74) is 1.83. The number of amides is 1. The van der Waals surface area contributed by atoms with E-state index in [2.05, 4.69) is 4.72 Å². The highest BCUT2D eigenvalue weighted by atomic mass is 32.2. The first-order chi connectivity index (χ1) is 10.3. The van der Waals surface area contributed by atoms with Gasteiger partial charge in [-0.15, -0.1) is 0 Å². The van der Waals surface area contributed by atoms with E-state index < -0.39 is 10.0 Å². The van der Waals surface area contributed by atoms with Gasteiger partial charge in [-0.25, -0.2) is 13.1 Å². The molecule has 1 heterocycles. The normalized spacial score (nSPS) is 19.3. The number of rotatable bonds is 3. The second-order valence-corrected chi connectivity index (χ2v) is 7.41. The zero-order valence-electron chi connectivity index (χ0n) is 13.3. The molecule has 1 aliphatic rings. The predicted molar refractivity (Wildman–Crippen MR) is 83.5 cm³/mol. The van der Waals surface area contributed by atoms with Crippen LogP contribution in [0.15, 0.2) is 17.0 Å². The SMILES string of the molecule is CNS(=O)(=O)c1cc(C(=O)N2CCO[C@@H](C)C2)cc(C)c1C. The average Bonchev–Trinajstić information content (AvgIpc) is 2.49. The third-order valence-corrected chi connectivity index (χ3v) is 5.49. The van der Waals surface area contributed by atoms with Gasteiger partial charge in [-0.05, 0) is 51.1 Å². The minimum absolute atomic E-state index is 0.00948. The van der Waals surface area contributed by atoms with Gasteiger partial charge < -0.3 is 9.64 Å². The highest BCUT2D eigenvalue weighted by Gasteiger charge is 2.25. The van der Waals surface area contributed by atoms with Gasteiger partial charge in [0, 0.05) is 18.7 Å². The van der Waals surface area contributed by atoms with Crippen molar-refractivity contribution in [2.24, 2.45) is 0 Å². The molecular formula is C15H22N2O4S. The lowest BCUT2D eigenvalue weighted by molar-refractivity contribution is -0.0124. The number of benzene rings is 1. The van der Waals surface area contributed by atoms with Gasteiger partial charge in [-0.1, -0.05) is 0 Å². The Balaban J connectivity index is 2.42. The lowest BCUT2D eigenvalue weighted by atomic mass is 10.0. The summed E-state index contributed by atoms with van der Waals surface area (Å²) in [4.78, 5) is 14.5. The van der Waals surface area contributed by atoms with Crippen LogP contribution in [-0.2, 0) is 14.8 Å². The number of carbonyl (C=O) groups excluding carboxylic acids is 1. The number of hydrogen-bond donors (Lipinski definition) is 1. The number of morpholine rings is 1. The van der Waals surface area contributed by atoms with E-state index in [0.717, 1.165) is 5.56 Å². The van der Waals surface area contributed by atoms with Crippen molar-refractivity contribution in [3.63, 3.8) is 0 Å².